The summed E-state index contributed by atoms with van der Waals surface area (Å²) in [6.45, 7) is 4.52. The number of aromatic nitrogens is 1. The third kappa shape index (κ3) is 7.02. The van der Waals surface area contributed by atoms with Crippen molar-refractivity contribution in [2.45, 2.75) is 4.90 Å². The fourth-order valence-corrected chi connectivity index (χ4v) is 6.74. The van der Waals surface area contributed by atoms with E-state index in [2.05, 4.69) is 19.8 Å². The van der Waals surface area contributed by atoms with Crippen LogP contribution < -0.4 is 24.4 Å². The topological polar surface area (TPSA) is 113 Å². The first-order chi connectivity index (χ1) is 19.4. The summed E-state index contributed by atoms with van der Waals surface area (Å²) in [6.07, 6.45) is 0. The van der Waals surface area contributed by atoms with Gasteiger partial charge < -0.3 is 19.7 Å². The number of piperazine rings is 1. The van der Waals surface area contributed by atoms with Gasteiger partial charge in [-0.3, -0.25) is 14.4 Å². The molecule has 0 atom stereocenters. The normalized spacial score (nSPS) is 13.9. The summed E-state index contributed by atoms with van der Waals surface area (Å²) in [6, 6.07) is 18.4. The van der Waals surface area contributed by atoms with Crippen LogP contribution in [0, 0.1) is 0 Å². The molecule has 13 heteroatoms. The van der Waals surface area contributed by atoms with E-state index in [4.69, 9.17) is 14.5 Å². The van der Waals surface area contributed by atoms with Crippen LogP contribution in [0.1, 0.15) is 10.4 Å². The first kappa shape index (κ1) is 30.4. The number of fused-ring (bicyclic) bond motifs is 1. The second kappa shape index (κ2) is 13.4. The minimum absolute atomic E-state index is 0. The Hall–Kier alpha value is -3.58. The highest BCUT2D eigenvalue weighted by Crippen LogP contribution is 2.40. The van der Waals surface area contributed by atoms with E-state index in [1.54, 1.807) is 62.0 Å². The number of methoxy groups -OCH3 is 2. The van der Waals surface area contributed by atoms with Crippen molar-refractivity contribution in [1.29, 1.82) is 0 Å². The number of carbonyl (C=O) groups is 1. The van der Waals surface area contributed by atoms with Crippen LogP contribution in [0.25, 0.3) is 10.2 Å². The van der Waals surface area contributed by atoms with Gasteiger partial charge in [-0.15, -0.1) is 12.4 Å². The van der Waals surface area contributed by atoms with Crippen LogP contribution in [0.15, 0.2) is 71.6 Å². The van der Waals surface area contributed by atoms with Crippen LogP contribution in [-0.2, 0) is 10.0 Å². The number of ether oxygens (including phenoxy) is 2. The van der Waals surface area contributed by atoms with Crippen LogP contribution in [0.4, 0.5) is 10.8 Å². The number of rotatable bonds is 10. The molecule has 2 N–H and O–H groups in total. The fraction of sp³-hybridized carbons (Fsp3) is 0.286. The first-order valence-electron chi connectivity index (χ1n) is 12.8. The van der Waals surface area contributed by atoms with Gasteiger partial charge in [0, 0.05) is 50.5 Å². The molecule has 0 aliphatic carbocycles. The van der Waals surface area contributed by atoms with Gasteiger partial charge in [0.15, 0.2) is 5.13 Å². The lowest BCUT2D eigenvalue weighted by Gasteiger charge is -2.34. The van der Waals surface area contributed by atoms with Crippen molar-refractivity contribution >= 4 is 60.7 Å². The molecule has 1 fully saturated rings. The molecule has 0 saturated carbocycles. The molecule has 0 spiro atoms. The Labute approximate surface area is 249 Å². The number of amides is 1. The molecule has 41 heavy (non-hydrogen) atoms. The molecule has 1 saturated heterocycles. The largest absolute Gasteiger partial charge is 0.495 e. The number of sulfonamides is 1. The standard InChI is InChI=1S/C28H31N5O5S2.ClH/c1-37-23-11-12-24(38-2)26-25(23)30-28(39-26)33-17-15-32(16-18-33)14-13-29-27(34)20-7-6-8-21(19-20)31-40(35,36)22-9-4-3-5-10-22;/h3-12,19,31H,13-18H2,1-2H3,(H,29,34);1H. The number of nitrogens with one attached hydrogen (secondary N) is 2. The molecule has 1 aliphatic heterocycles. The second-order valence-electron chi connectivity index (χ2n) is 9.23. The van der Waals surface area contributed by atoms with E-state index in [1.807, 2.05) is 12.1 Å². The number of benzene rings is 3. The minimum Gasteiger partial charge on any atom is -0.495 e. The molecule has 5 rings (SSSR count). The SMILES string of the molecule is COc1ccc(OC)c2sc(N3CCN(CCNC(=O)c4cccc(NS(=O)(=O)c5ccccc5)c4)CC3)nc12.Cl. The Morgan fingerprint density at radius 1 is 0.951 bits per heavy atom. The maximum absolute atomic E-state index is 12.8. The molecule has 0 bridgehead atoms. The first-order valence-corrected chi connectivity index (χ1v) is 15.1. The Balaban J connectivity index is 0.00000387. The van der Waals surface area contributed by atoms with E-state index in [1.165, 1.54) is 18.2 Å². The van der Waals surface area contributed by atoms with Gasteiger partial charge in [-0.1, -0.05) is 35.6 Å². The Bertz CT molecular complexity index is 1550. The quantitative estimate of drug-likeness (QED) is 0.274. The highest BCUT2D eigenvalue weighted by molar-refractivity contribution is 7.92. The predicted octanol–water partition coefficient (Wildman–Crippen LogP) is 4.09. The van der Waals surface area contributed by atoms with Crippen molar-refractivity contribution in [2.24, 2.45) is 0 Å². The van der Waals surface area contributed by atoms with Crippen LogP contribution >= 0.6 is 23.7 Å². The molecule has 0 radical (unpaired) electrons. The predicted molar refractivity (Wildman–Crippen MR) is 165 cm³/mol. The third-order valence-electron chi connectivity index (χ3n) is 6.69. The average Bonchev–Trinajstić information content (AvgIpc) is 3.43. The summed E-state index contributed by atoms with van der Waals surface area (Å²) in [5.41, 5.74) is 1.53. The van der Waals surface area contributed by atoms with E-state index in [0.717, 1.165) is 53.0 Å². The molecule has 4 aromatic rings. The Kier molecular flexibility index (Phi) is 9.92. The smallest absolute Gasteiger partial charge is 0.261 e. The highest BCUT2D eigenvalue weighted by Gasteiger charge is 2.22. The van der Waals surface area contributed by atoms with Gasteiger partial charge in [-0.05, 0) is 42.5 Å². The molecule has 10 nitrogen and oxygen atoms in total. The van der Waals surface area contributed by atoms with Gasteiger partial charge in [0.25, 0.3) is 15.9 Å². The van der Waals surface area contributed by atoms with Crippen molar-refractivity contribution in [2.75, 3.05) is 63.1 Å². The number of anilines is 2. The lowest BCUT2D eigenvalue weighted by molar-refractivity contribution is 0.0948. The van der Waals surface area contributed by atoms with Crippen LogP contribution in [-0.4, -0.2) is 77.7 Å². The summed E-state index contributed by atoms with van der Waals surface area (Å²) in [5.74, 6) is 1.26. The molecule has 1 aliphatic rings. The van der Waals surface area contributed by atoms with Crippen LogP contribution in [0.3, 0.4) is 0 Å². The van der Waals surface area contributed by atoms with E-state index in [0.29, 0.717) is 24.3 Å². The van der Waals surface area contributed by atoms with E-state index < -0.39 is 10.0 Å². The average molecular weight is 618 g/mol. The Morgan fingerprint density at radius 3 is 2.37 bits per heavy atom. The van der Waals surface area contributed by atoms with Gasteiger partial charge in [-0.25, -0.2) is 13.4 Å². The van der Waals surface area contributed by atoms with Crippen molar-refractivity contribution in [3.8, 4) is 11.5 Å². The molecule has 1 amide bonds. The fourth-order valence-electron chi connectivity index (χ4n) is 4.54. The molecule has 1 aromatic heterocycles. The number of hydrogen-bond acceptors (Lipinski definition) is 9. The summed E-state index contributed by atoms with van der Waals surface area (Å²) in [7, 11) is -0.440. The van der Waals surface area contributed by atoms with Gasteiger partial charge >= 0.3 is 0 Å². The summed E-state index contributed by atoms with van der Waals surface area (Å²) < 4.78 is 39.7. The van der Waals surface area contributed by atoms with Crippen LogP contribution in [0.5, 0.6) is 11.5 Å². The number of thiazole rings is 1. The van der Waals surface area contributed by atoms with Gasteiger partial charge in [-0.2, -0.15) is 0 Å². The number of carbonyl (C=O) groups excluding carboxylic acids is 1. The summed E-state index contributed by atoms with van der Waals surface area (Å²) >= 11 is 1.60. The Morgan fingerprint density at radius 2 is 1.66 bits per heavy atom. The number of nitrogens with zero attached hydrogens (tertiary/aromatic N) is 3. The lowest BCUT2D eigenvalue weighted by atomic mass is 10.2. The van der Waals surface area contributed by atoms with E-state index >= 15 is 0 Å². The summed E-state index contributed by atoms with van der Waals surface area (Å²) in [5, 5.41) is 3.88. The molecule has 0 unspecified atom stereocenters. The van der Waals surface area contributed by atoms with Gasteiger partial charge in [0.1, 0.15) is 21.7 Å². The van der Waals surface area contributed by atoms with E-state index in [9.17, 15) is 13.2 Å². The van der Waals surface area contributed by atoms with Gasteiger partial charge in [0.2, 0.25) is 0 Å². The zero-order valence-electron chi connectivity index (χ0n) is 22.7. The van der Waals surface area contributed by atoms with Crippen molar-refractivity contribution in [3.05, 3.63) is 72.3 Å². The number of hydrogen-bond donors (Lipinski definition) is 2. The molecular formula is C28H32ClN5O5S2. The maximum atomic E-state index is 12.8. The molecule has 218 valence electrons. The number of halogens is 1. The highest BCUT2D eigenvalue weighted by atomic mass is 35.5. The summed E-state index contributed by atoms with van der Waals surface area (Å²) in [4.78, 5) is 22.3. The lowest BCUT2D eigenvalue weighted by Crippen LogP contribution is -2.48. The zero-order chi connectivity index (χ0) is 28.1. The molecule has 2 heterocycles. The van der Waals surface area contributed by atoms with Crippen molar-refractivity contribution < 1.29 is 22.7 Å². The maximum Gasteiger partial charge on any atom is 0.261 e. The zero-order valence-corrected chi connectivity index (χ0v) is 25.2. The molecule has 3 aromatic carbocycles. The van der Waals surface area contributed by atoms with E-state index in [-0.39, 0.29) is 23.2 Å². The van der Waals surface area contributed by atoms with Crippen molar-refractivity contribution in [1.82, 2.24) is 15.2 Å². The monoisotopic (exact) mass is 617 g/mol. The van der Waals surface area contributed by atoms with Crippen molar-refractivity contribution in [3.63, 3.8) is 0 Å². The van der Waals surface area contributed by atoms with Crippen LogP contribution in [0.2, 0.25) is 0 Å². The second-order valence-corrected chi connectivity index (χ2v) is 11.9. The minimum atomic E-state index is -3.74. The van der Waals surface area contributed by atoms with Gasteiger partial charge in [0.05, 0.1) is 19.1 Å². The molecular weight excluding hydrogens is 586 g/mol. The third-order valence-corrected chi connectivity index (χ3v) is 9.21.